The van der Waals surface area contributed by atoms with Gasteiger partial charge in [-0.15, -0.1) is 0 Å². The highest BCUT2D eigenvalue weighted by Crippen LogP contribution is 2.28. The molecule has 31 heavy (non-hydrogen) atoms. The average molecular weight is 435 g/mol. The van der Waals surface area contributed by atoms with Gasteiger partial charge in [0.2, 0.25) is 5.91 Å². The van der Waals surface area contributed by atoms with Crippen LogP contribution in [0.2, 0.25) is 0 Å². The van der Waals surface area contributed by atoms with Gasteiger partial charge in [-0.05, 0) is 18.2 Å². The quantitative estimate of drug-likeness (QED) is 0.527. The van der Waals surface area contributed by atoms with Crippen LogP contribution in [0.4, 0.5) is 5.13 Å². The molecule has 1 aliphatic rings. The van der Waals surface area contributed by atoms with Gasteiger partial charge >= 0.3 is 0 Å². The standard InChI is InChI=1S/C21H17N5O4S/c27-18(10-26-12-22-15-4-2-1-3-14(15)20(26)29)25-7-5-16-17(9-25)31-21(23-16)24-19(28)13-6-8-30-11-13/h1-4,6,8,11-12H,5,7,9-10H2,(H,23,24,28). The molecular weight excluding hydrogens is 418 g/mol. The van der Waals surface area contributed by atoms with Crippen LogP contribution in [0.15, 0.2) is 58.4 Å². The number of hydrogen-bond donors (Lipinski definition) is 1. The lowest BCUT2D eigenvalue weighted by molar-refractivity contribution is -0.132. The molecule has 1 aromatic carbocycles. The first kappa shape index (κ1) is 19.2. The van der Waals surface area contributed by atoms with E-state index in [0.29, 0.717) is 41.1 Å². The highest BCUT2D eigenvalue weighted by molar-refractivity contribution is 7.15. The Morgan fingerprint density at radius 3 is 2.94 bits per heavy atom. The summed E-state index contributed by atoms with van der Waals surface area (Å²) in [6, 6.07) is 8.64. The zero-order valence-electron chi connectivity index (χ0n) is 16.3. The van der Waals surface area contributed by atoms with Crippen molar-refractivity contribution in [2.24, 2.45) is 0 Å². The number of hydrogen-bond acceptors (Lipinski definition) is 7. The molecule has 4 aromatic rings. The molecule has 0 saturated carbocycles. The Hall–Kier alpha value is -3.79. The van der Waals surface area contributed by atoms with E-state index < -0.39 is 0 Å². The van der Waals surface area contributed by atoms with Crippen LogP contribution in [0, 0.1) is 0 Å². The SMILES string of the molecule is O=C(Nc1nc2c(s1)CN(C(=O)Cn1cnc3ccccc3c1=O)CC2)c1ccoc1. The van der Waals surface area contributed by atoms with Crippen LogP contribution in [0.1, 0.15) is 20.9 Å². The largest absolute Gasteiger partial charge is 0.472 e. The number of carbonyl (C=O) groups is 2. The lowest BCUT2D eigenvalue weighted by Gasteiger charge is -2.26. The maximum Gasteiger partial charge on any atom is 0.261 e. The first-order valence-corrected chi connectivity index (χ1v) is 10.4. The van der Waals surface area contributed by atoms with Crippen molar-refractivity contribution in [3.8, 4) is 0 Å². The van der Waals surface area contributed by atoms with Crippen molar-refractivity contribution in [1.29, 1.82) is 0 Å². The summed E-state index contributed by atoms with van der Waals surface area (Å²) in [5.41, 5.74) is 1.66. The van der Waals surface area contributed by atoms with Crippen molar-refractivity contribution in [1.82, 2.24) is 19.4 Å². The molecule has 0 fully saturated rings. The van der Waals surface area contributed by atoms with Crippen LogP contribution in [0.5, 0.6) is 0 Å². The van der Waals surface area contributed by atoms with Gasteiger partial charge in [0, 0.05) is 17.8 Å². The van der Waals surface area contributed by atoms with E-state index in [2.05, 4.69) is 15.3 Å². The zero-order chi connectivity index (χ0) is 21.4. The van der Waals surface area contributed by atoms with Gasteiger partial charge in [0.05, 0.1) is 41.3 Å². The van der Waals surface area contributed by atoms with Crippen molar-refractivity contribution < 1.29 is 14.0 Å². The maximum atomic E-state index is 12.8. The molecule has 1 N–H and O–H groups in total. The Balaban J connectivity index is 1.29. The molecule has 0 saturated heterocycles. The van der Waals surface area contributed by atoms with E-state index in [1.165, 1.54) is 34.8 Å². The molecule has 0 radical (unpaired) electrons. The van der Waals surface area contributed by atoms with Crippen LogP contribution in [-0.2, 0) is 24.3 Å². The Bertz CT molecular complexity index is 1340. The second-order valence-corrected chi connectivity index (χ2v) is 8.20. The molecule has 0 aliphatic carbocycles. The molecule has 156 valence electrons. The van der Waals surface area contributed by atoms with E-state index in [0.717, 1.165) is 10.6 Å². The zero-order valence-corrected chi connectivity index (χ0v) is 17.1. The van der Waals surface area contributed by atoms with E-state index in [1.54, 1.807) is 29.2 Å². The fraction of sp³-hybridized carbons (Fsp3) is 0.190. The highest BCUT2D eigenvalue weighted by atomic mass is 32.1. The predicted molar refractivity (Wildman–Crippen MR) is 114 cm³/mol. The van der Waals surface area contributed by atoms with E-state index in [1.807, 2.05) is 6.07 Å². The third-order valence-electron chi connectivity index (χ3n) is 5.12. The number of furan rings is 1. The number of thiazole rings is 1. The number of fused-ring (bicyclic) bond motifs is 2. The molecule has 4 heterocycles. The van der Waals surface area contributed by atoms with Crippen molar-refractivity contribution in [3.63, 3.8) is 0 Å². The van der Waals surface area contributed by atoms with Gasteiger partial charge in [-0.2, -0.15) is 0 Å². The molecule has 10 heteroatoms. The number of amides is 2. The van der Waals surface area contributed by atoms with Gasteiger partial charge in [-0.1, -0.05) is 23.5 Å². The Morgan fingerprint density at radius 1 is 1.23 bits per heavy atom. The van der Waals surface area contributed by atoms with Crippen molar-refractivity contribution in [2.75, 3.05) is 11.9 Å². The number of anilines is 1. The van der Waals surface area contributed by atoms with E-state index in [-0.39, 0.29) is 23.9 Å². The molecule has 1 aliphatic heterocycles. The van der Waals surface area contributed by atoms with Crippen molar-refractivity contribution in [2.45, 2.75) is 19.5 Å². The highest BCUT2D eigenvalue weighted by Gasteiger charge is 2.25. The van der Waals surface area contributed by atoms with Crippen LogP contribution >= 0.6 is 11.3 Å². The van der Waals surface area contributed by atoms with E-state index in [4.69, 9.17) is 4.42 Å². The Kier molecular flexibility index (Phi) is 4.83. The molecule has 5 rings (SSSR count). The smallest absolute Gasteiger partial charge is 0.261 e. The minimum atomic E-state index is -0.295. The second-order valence-electron chi connectivity index (χ2n) is 7.12. The van der Waals surface area contributed by atoms with Gasteiger partial charge in [0.25, 0.3) is 11.5 Å². The van der Waals surface area contributed by atoms with E-state index >= 15 is 0 Å². The van der Waals surface area contributed by atoms with Gasteiger partial charge in [-0.3, -0.25) is 24.3 Å². The summed E-state index contributed by atoms with van der Waals surface area (Å²) in [6.07, 6.45) is 4.80. The summed E-state index contributed by atoms with van der Waals surface area (Å²) in [6.45, 7) is 0.818. The van der Waals surface area contributed by atoms with Gasteiger partial charge in [0.15, 0.2) is 5.13 Å². The van der Waals surface area contributed by atoms with Gasteiger partial charge < -0.3 is 9.32 Å². The third-order valence-corrected chi connectivity index (χ3v) is 6.12. The molecule has 0 unspecified atom stereocenters. The first-order valence-electron chi connectivity index (χ1n) is 9.62. The summed E-state index contributed by atoms with van der Waals surface area (Å²) >= 11 is 1.34. The van der Waals surface area contributed by atoms with E-state index in [9.17, 15) is 14.4 Å². The third kappa shape index (κ3) is 3.73. The van der Waals surface area contributed by atoms with Crippen molar-refractivity contribution in [3.05, 3.63) is 75.7 Å². The number of rotatable bonds is 4. The number of benzene rings is 1. The summed E-state index contributed by atoms with van der Waals surface area (Å²) in [5.74, 6) is -0.460. The molecule has 0 atom stereocenters. The maximum absolute atomic E-state index is 12.8. The molecule has 2 amide bonds. The van der Waals surface area contributed by atoms with Crippen LogP contribution in [0.3, 0.4) is 0 Å². The van der Waals surface area contributed by atoms with Gasteiger partial charge in [0.1, 0.15) is 12.8 Å². The van der Waals surface area contributed by atoms with Crippen LogP contribution in [-0.4, -0.2) is 37.8 Å². The normalized spacial score (nSPS) is 13.2. The van der Waals surface area contributed by atoms with Gasteiger partial charge in [-0.25, -0.2) is 9.97 Å². The van der Waals surface area contributed by atoms with Crippen molar-refractivity contribution >= 4 is 39.2 Å². The summed E-state index contributed by atoms with van der Waals surface area (Å²) in [4.78, 5) is 49.0. The van der Waals surface area contributed by atoms with Crippen LogP contribution in [0.25, 0.3) is 10.9 Å². The lowest BCUT2D eigenvalue weighted by Crippen LogP contribution is -2.39. The number of nitrogens with zero attached hydrogens (tertiary/aromatic N) is 4. The minimum Gasteiger partial charge on any atom is -0.472 e. The molecule has 0 spiro atoms. The fourth-order valence-corrected chi connectivity index (χ4v) is 4.51. The molecule has 9 nitrogen and oxygen atoms in total. The Morgan fingerprint density at radius 2 is 2.10 bits per heavy atom. The average Bonchev–Trinajstić information content (AvgIpc) is 3.45. The topological polar surface area (TPSA) is 110 Å². The number of nitrogens with one attached hydrogen (secondary N) is 1. The van der Waals surface area contributed by atoms with Crippen LogP contribution < -0.4 is 10.9 Å². The monoisotopic (exact) mass is 435 g/mol. The summed E-state index contributed by atoms with van der Waals surface area (Å²) < 4.78 is 6.26. The predicted octanol–water partition coefficient (Wildman–Crippen LogP) is 2.28. The summed E-state index contributed by atoms with van der Waals surface area (Å²) in [7, 11) is 0. The fourth-order valence-electron chi connectivity index (χ4n) is 3.49. The molecular formula is C21H17N5O4S. The lowest BCUT2D eigenvalue weighted by atomic mass is 10.2. The summed E-state index contributed by atoms with van der Waals surface area (Å²) in [5, 5.41) is 3.73. The first-order chi connectivity index (χ1) is 15.1. The molecule has 3 aromatic heterocycles. The number of carbonyl (C=O) groups excluding carboxylic acids is 2. The number of aromatic nitrogens is 3. The minimum absolute atomic E-state index is 0.0745. The number of para-hydroxylation sites is 1. The Labute approximate surface area is 180 Å². The second kappa shape index (κ2) is 7.80. The molecule has 0 bridgehead atoms.